The molecule has 0 aliphatic heterocycles. The summed E-state index contributed by atoms with van der Waals surface area (Å²) in [6.07, 6.45) is 1.99. The van der Waals surface area contributed by atoms with Gasteiger partial charge in [0.1, 0.15) is 0 Å². The third-order valence-corrected chi connectivity index (χ3v) is 1.80. The zero-order chi connectivity index (χ0) is 6.69. The van der Waals surface area contributed by atoms with Crippen LogP contribution in [0.3, 0.4) is 0 Å². The summed E-state index contributed by atoms with van der Waals surface area (Å²) in [5.41, 5.74) is 0. The molecule has 1 aromatic carbocycles. The number of hydrogen-bond acceptors (Lipinski definition) is 2. The molecule has 1 rings (SSSR count). The van der Waals surface area contributed by atoms with Crippen molar-refractivity contribution >= 4 is 11.8 Å². The van der Waals surface area contributed by atoms with Crippen LogP contribution in [0.4, 0.5) is 0 Å². The maximum Gasteiger partial charge on any atom is 1.00 e. The summed E-state index contributed by atoms with van der Waals surface area (Å²) in [6.45, 7) is 0. The molecule has 0 aliphatic carbocycles. The van der Waals surface area contributed by atoms with Crippen LogP contribution in [-0.4, -0.2) is 6.26 Å². The summed E-state index contributed by atoms with van der Waals surface area (Å²) in [5.74, 6) is 0.0767. The number of hydrogen-bond donors (Lipinski definition) is 0. The van der Waals surface area contributed by atoms with Gasteiger partial charge in [0, 0.05) is 4.90 Å². The van der Waals surface area contributed by atoms with Gasteiger partial charge in [0.2, 0.25) is 0 Å². The minimum atomic E-state index is 0. The number of benzene rings is 1. The van der Waals surface area contributed by atoms with Crippen LogP contribution >= 0.6 is 11.8 Å². The molecule has 0 radical (unpaired) electrons. The fourth-order valence-corrected chi connectivity index (χ4v) is 0.984. The van der Waals surface area contributed by atoms with E-state index in [1.165, 1.54) is 0 Å². The topological polar surface area (TPSA) is 23.1 Å². The Hall–Kier alpha value is 1.01. The Bertz CT molecular complexity index is 185. The molecule has 0 saturated carbocycles. The molecule has 0 fully saturated rings. The molecule has 0 heterocycles. The van der Waals surface area contributed by atoms with E-state index in [0.29, 0.717) is 0 Å². The molecule has 10 heavy (non-hydrogen) atoms. The van der Waals surface area contributed by atoms with Crippen LogP contribution in [0.2, 0.25) is 0 Å². The van der Waals surface area contributed by atoms with Gasteiger partial charge in [-0.25, -0.2) is 0 Å². The maximum absolute atomic E-state index is 10.5. The molecule has 0 aliphatic rings. The largest absolute Gasteiger partial charge is 1.00 e. The Kier molecular flexibility index (Phi) is 6.20. The minimum Gasteiger partial charge on any atom is -0.872 e. The average molecular weight is 178 g/mol. The first-order chi connectivity index (χ1) is 4.33. The summed E-state index contributed by atoms with van der Waals surface area (Å²) >= 11 is 1.64. The fourth-order valence-electron chi connectivity index (χ4n) is 0.576. The van der Waals surface area contributed by atoms with Gasteiger partial charge in [-0.3, -0.25) is 0 Å². The second-order valence-electron chi connectivity index (χ2n) is 1.68. The average Bonchev–Trinajstić information content (AvgIpc) is 1.90. The molecular weight excluding hydrogens is 171 g/mol. The number of thioether (sulfide) groups is 1. The van der Waals surface area contributed by atoms with Crippen molar-refractivity contribution in [3.63, 3.8) is 0 Å². The van der Waals surface area contributed by atoms with Crippen LogP contribution < -0.4 is 56.5 Å². The first kappa shape index (κ1) is 11.0. The van der Waals surface area contributed by atoms with Crippen molar-refractivity contribution in [3.8, 4) is 5.75 Å². The Balaban J connectivity index is 0.000000810. The van der Waals surface area contributed by atoms with Gasteiger partial charge in [0.25, 0.3) is 0 Å². The van der Waals surface area contributed by atoms with Crippen LogP contribution in [0, 0.1) is 0 Å². The van der Waals surface area contributed by atoms with Crippen molar-refractivity contribution in [1.29, 1.82) is 0 Å². The molecule has 0 unspecified atom stereocenters. The van der Waals surface area contributed by atoms with E-state index in [2.05, 4.69) is 0 Å². The SMILES string of the molecule is CSc1ccc([O-])cc1.[K+]. The fraction of sp³-hybridized carbons (Fsp3) is 0.143. The number of rotatable bonds is 1. The summed E-state index contributed by atoms with van der Waals surface area (Å²) < 4.78 is 0. The second kappa shape index (κ2) is 5.63. The molecule has 1 aromatic rings. The van der Waals surface area contributed by atoms with Crippen molar-refractivity contribution in [2.24, 2.45) is 0 Å². The van der Waals surface area contributed by atoms with Crippen LogP contribution in [0.5, 0.6) is 5.75 Å². The van der Waals surface area contributed by atoms with Crippen LogP contribution in [0.1, 0.15) is 0 Å². The van der Waals surface area contributed by atoms with E-state index in [1.54, 1.807) is 23.9 Å². The molecule has 0 saturated heterocycles. The zero-order valence-electron chi connectivity index (χ0n) is 6.13. The predicted octanol–water partition coefficient (Wildman–Crippen LogP) is -1.51. The molecule has 1 nitrogen and oxygen atoms in total. The van der Waals surface area contributed by atoms with Crippen molar-refractivity contribution in [2.45, 2.75) is 4.90 Å². The molecule has 48 valence electrons. The van der Waals surface area contributed by atoms with Crippen molar-refractivity contribution in [2.75, 3.05) is 6.26 Å². The monoisotopic (exact) mass is 178 g/mol. The first-order valence-corrected chi connectivity index (χ1v) is 3.86. The third kappa shape index (κ3) is 3.41. The van der Waals surface area contributed by atoms with Crippen molar-refractivity contribution in [1.82, 2.24) is 0 Å². The van der Waals surface area contributed by atoms with Crippen LogP contribution in [-0.2, 0) is 0 Å². The Morgan fingerprint density at radius 1 is 1.20 bits per heavy atom. The van der Waals surface area contributed by atoms with E-state index < -0.39 is 0 Å². The smallest absolute Gasteiger partial charge is 0.872 e. The summed E-state index contributed by atoms with van der Waals surface area (Å²) in [5, 5.41) is 10.5. The Morgan fingerprint density at radius 2 is 1.70 bits per heavy atom. The minimum absolute atomic E-state index is 0. The normalized spacial score (nSPS) is 8.50. The van der Waals surface area contributed by atoms with Gasteiger partial charge in [-0.15, -0.1) is 17.5 Å². The zero-order valence-corrected chi connectivity index (χ0v) is 10.1. The summed E-state index contributed by atoms with van der Waals surface area (Å²) in [7, 11) is 0. The first-order valence-electron chi connectivity index (χ1n) is 2.64. The van der Waals surface area contributed by atoms with E-state index in [1.807, 2.05) is 18.4 Å². The van der Waals surface area contributed by atoms with Gasteiger partial charge in [0.05, 0.1) is 0 Å². The summed E-state index contributed by atoms with van der Waals surface area (Å²) in [4.78, 5) is 1.13. The molecule has 0 atom stereocenters. The molecular formula is C7H7KOS. The molecule has 0 amide bonds. The quantitative estimate of drug-likeness (QED) is 0.385. The Labute approximate surface area is 108 Å². The van der Waals surface area contributed by atoms with Crippen LogP contribution in [0.15, 0.2) is 29.2 Å². The van der Waals surface area contributed by atoms with Gasteiger partial charge in [0.15, 0.2) is 0 Å². The summed E-state index contributed by atoms with van der Waals surface area (Å²) in [6, 6.07) is 6.80. The van der Waals surface area contributed by atoms with Gasteiger partial charge in [-0.05, 0) is 18.4 Å². The van der Waals surface area contributed by atoms with Crippen molar-refractivity contribution in [3.05, 3.63) is 24.3 Å². The molecule has 0 bridgehead atoms. The molecule has 0 spiro atoms. The Morgan fingerprint density at radius 3 is 2.10 bits per heavy atom. The standard InChI is InChI=1S/C7H8OS.K/c1-9-7-4-2-6(8)3-5-7;/h2-5,8H,1H3;/q;+1/p-1. The van der Waals surface area contributed by atoms with E-state index in [4.69, 9.17) is 0 Å². The molecule has 0 N–H and O–H groups in total. The van der Waals surface area contributed by atoms with Gasteiger partial charge in [-0.2, -0.15) is 0 Å². The van der Waals surface area contributed by atoms with Crippen LogP contribution in [0.25, 0.3) is 0 Å². The second-order valence-corrected chi connectivity index (χ2v) is 2.56. The van der Waals surface area contributed by atoms with E-state index in [9.17, 15) is 5.11 Å². The van der Waals surface area contributed by atoms with Crippen molar-refractivity contribution < 1.29 is 56.5 Å². The molecule has 0 aromatic heterocycles. The van der Waals surface area contributed by atoms with Gasteiger partial charge in [-0.1, -0.05) is 12.1 Å². The van der Waals surface area contributed by atoms with E-state index in [-0.39, 0.29) is 57.1 Å². The van der Waals surface area contributed by atoms with Gasteiger partial charge < -0.3 is 5.11 Å². The molecule has 3 heteroatoms. The maximum atomic E-state index is 10.5. The third-order valence-electron chi connectivity index (χ3n) is 1.06. The van der Waals surface area contributed by atoms with E-state index >= 15 is 0 Å². The van der Waals surface area contributed by atoms with E-state index in [0.717, 1.165) is 4.90 Å². The predicted molar refractivity (Wildman–Crippen MR) is 37.7 cm³/mol. The van der Waals surface area contributed by atoms with Gasteiger partial charge >= 0.3 is 51.4 Å².